The zero-order valence-corrected chi connectivity index (χ0v) is 3.50. The highest BCUT2D eigenvalue weighted by Gasteiger charge is 1.71. The first-order valence-electron chi connectivity index (χ1n) is 1.97. The monoisotopic (exact) mass is 108 g/mol. The lowest BCUT2D eigenvalue weighted by Crippen LogP contribution is -1.67. The molecule has 0 atom stereocenters. The van der Waals surface area contributed by atoms with Gasteiger partial charge in [0.1, 0.15) is 0 Å². The molecule has 0 aromatic rings. The Morgan fingerprint density at radius 1 is 1.50 bits per heavy atom. The minimum Gasteiger partial charge on any atom is -0.251 e. The molecule has 0 nitrogen and oxygen atoms in total. The highest BCUT2D eigenvalue weighted by molar-refractivity contribution is 5.75. The number of alkyl halides is 1. The first-order valence-corrected chi connectivity index (χ1v) is 1.97. The number of hydrogen-bond donors (Lipinski definition) is 0. The molecule has 0 fully saturated rings. The average Bonchev–Trinajstić information content (AvgIpc) is 1.41. The van der Waals surface area contributed by atoms with Gasteiger partial charge in [0.05, 0.1) is 6.67 Å². The third kappa shape index (κ3) is 8.91. The van der Waals surface area contributed by atoms with Crippen LogP contribution in [0.3, 0.4) is 0 Å². The Hall–Kier alpha value is 0.147. The Kier molecular flexibility index (Phi) is 14.1. The van der Waals surface area contributed by atoms with E-state index in [2.05, 4.69) is 0 Å². The molecule has 40 valence electrons. The van der Waals surface area contributed by atoms with Crippen molar-refractivity contribution in [3.8, 4) is 0 Å². The van der Waals surface area contributed by atoms with E-state index in [9.17, 15) is 4.39 Å². The minimum absolute atomic E-state index is 0. The Balaban J connectivity index is 0. The van der Waals surface area contributed by atoms with E-state index in [1.165, 1.54) is 0 Å². The number of hydrogen-bond acceptors (Lipinski definition) is 0. The first kappa shape index (κ1) is 9.47. The van der Waals surface area contributed by atoms with Crippen LogP contribution in [0.2, 0.25) is 0 Å². The summed E-state index contributed by atoms with van der Waals surface area (Å²) in [5, 5.41) is 0. The molecular weight excluding hydrogens is 95.1 g/mol. The van der Waals surface area contributed by atoms with Gasteiger partial charge < -0.3 is 0 Å². The van der Waals surface area contributed by atoms with E-state index in [1.807, 2.05) is 6.92 Å². The largest absolute Gasteiger partial charge is 0.251 e. The average molecular weight is 108 g/mol. The second-order valence-electron chi connectivity index (χ2n) is 1.04. The summed E-state index contributed by atoms with van der Waals surface area (Å²) in [7, 11) is 0. The smallest absolute Gasteiger partial charge is 0.0894 e. The van der Waals surface area contributed by atoms with Gasteiger partial charge in [-0.15, -0.1) is 0 Å². The van der Waals surface area contributed by atoms with Crippen molar-refractivity contribution in [2.45, 2.75) is 19.8 Å². The maximum atomic E-state index is 11.0. The molecule has 0 saturated carbocycles. The van der Waals surface area contributed by atoms with Crippen LogP contribution in [0, 0.1) is 0 Å². The predicted octanol–water partition coefficient (Wildman–Crippen LogP) is 0.304. The van der Waals surface area contributed by atoms with Crippen molar-refractivity contribution in [2.24, 2.45) is 0 Å². The molecule has 0 radical (unpaired) electrons. The SMILES string of the molecule is CCCCF.[SiH4]. The molecule has 0 spiro atoms. The van der Waals surface area contributed by atoms with Crippen molar-refractivity contribution in [3.05, 3.63) is 0 Å². The predicted molar refractivity (Wildman–Crippen MR) is 32.2 cm³/mol. The quantitative estimate of drug-likeness (QED) is 0.446. The zero-order chi connectivity index (χ0) is 4.12. The molecule has 0 heterocycles. The third-order valence-electron chi connectivity index (χ3n) is 0.487. The molecule has 0 aliphatic carbocycles. The van der Waals surface area contributed by atoms with E-state index in [-0.39, 0.29) is 17.6 Å². The molecule has 0 N–H and O–H groups in total. The van der Waals surface area contributed by atoms with Crippen LogP contribution in [0.4, 0.5) is 4.39 Å². The van der Waals surface area contributed by atoms with Gasteiger partial charge in [-0.05, 0) is 17.4 Å². The number of halogens is 1. The lowest BCUT2D eigenvalue weighted by Gasteiger charge is -1.76. The maximum absolute atomic E-state index is 11.0. The summed E-state index contributed by atoms with van der Waals surface area (Å²) in [5.41, 5.74) is 0. The summed E-state index contributed by atoms with van der Waals surface area (Å²) in [6, 6.07) is 0. The van der Waals surface area contributed by atoms with Gasteiger partial charge in [-0.25, -0.2) is 0 Å². The fourth-order valence-corrected chi connectivity index (χ4v) is 0.134. The van der Waals surface area contributed by atoms with E-state index < -0.39 is 0 Å². The number of unbranched alkanes of at least 4 members (excludes halogenated alkanes) is 1. The van der Waals surface area contributed by atoms with Crippen LogP contribution in [-0.4, -0.2) is 17.6 Å². The van der Waals surface area contributed by atoms with Crippen molar-refractivity contribution >= 4 is 11.0 Å². The van der Waals surface area contributed by atoms with E-state index in [1.54, 1.807) is 0 Å². The van der Waals surface area contributed by atoms with Gasteiger partial charge in [-0.2, -0.15) is 0 Å². The second-order valence-corrected chi connectivity index (χ2v) is 1.04. The van der Waals surface area contributed by atoms with Crippen LogP contribution in [-0.2, 0) is 0 Å². The Morgan fingerprint density at radius 3 is 2.00 bits per heavy atom. The Labute approximate surface area is 42.8 Å². The molecule has 0 saturated heterocycles. The fourth-order valence-electron chi connectivity index (χ4n) is 0.134. The second kappa shape index (κ2) is 8.94. The van der Waals surface area contributed by atoms with E-state index >= 15 is 0 Å². The molecule has 0 amide bonds. The van der Waals surface area contributed by atoms with Gasteiger partial charge >= 0.3 is 0 Å². The van der Waals surface area contributed by atoms with Crippen molar-refractivity contribution in [2.75, 3.05) is 6.67 Å². The van der Waals surface area contributed by atoms with Crippen molar-refractivity contribution in [3.63, 3.8) is 0 Å². The summed E-state index contributed by atoms with van der Waals surface area (Å²) < 4.78 is 11.0. The summed E-state index contributed by atoms with van der Waals surface area (Å²) >= 11 is 0. The lowest BCUT2D eigenvalue weighted by atomic mass is 10.4. The molecule has 0 aliphatic rings. The summed E-state index contributed by atoms with van der Waals surface area (Å²) in [6.07, 6.45) is 1.69. The molecule has 0 aliphatic heterocycles. The topological polar surface area (TPSA) is 0 Å². The number of rotatable bonds is 2. The van der Waals surface area contributed by atoms with Crippen LogP contribution in [0.25, 0.3) is 0 Å². The highest BCUT2D eigenvalue weighted by atomic mass is 28.1. The third-order valence-corrected chi connectivity index (χ3v) is 0.487. The Morgan fingerprint density at radius 2 is 2.00 bits per heavy atom. The normalized spacial score (nSPS) is 7.00. The zero-order valence-electron chi connectivity index (χ0n) is 3.50. The molecule has 0 aromatic heterocycles. The van der Waals surface area contributed by atoms with Crippen molar-refractivity contribution < 1.29 is 4.39 Å². The highest BCUT2D eigenvalue weighted by Crippen LogP contribution is 1.83. The molecule has 0 rings (SSSR count). The Bertz CT molecular complexity index is 15.0. The van der Waals surface area contributed by atoms with Gasteiger partial charge in [0, 0.05) is 0 Å². The molecule has 0 unspecified atom stereocenters. The van der Waals surface area contributed by atoms with Crippen molar-refractivity contribution in [1.29, 1.82) is 0 Å². The minimum atomic E-state index is -0.156. The summed E-state index contributed by atoms with van der Waals surface area (Å²) in [5.74, 6) is 0. The summed E-state index contributed by atoms with van der Waals surface area (Å²) in [6.45, 7) is 1.82. The van der Waals surface area contributed by atoms with Gasteiger partial charge in [-0.3, -0.25) is 4.39 Å². The molecule has 0 aromatic carbocycles. The van der Waals surface area contributed by atoms with Crippen molar-refractivity contribution in [1.82, 2.24) is 0 Å². The van der Waals surface area contributed by atoms with Gasteiger partial charge in [0.15, 0.2) is 0 Å². The van der Waals surface area contributed by atoms with Gasteiger partial charge in [0.2, 0.25) is 0 Å². The lowest BCUT2D eigenvalue weighted by molar-refractivity contribution is 0.469. The molecule has 0 bridgehead atoms. The fraction of sp³-hybridized carbons (Fsp3) is 1.00. The molecule has 6 heavy (non-hydrogen) atoms. The van der Waals surface area contributed by atoms with Crippen LogP contribution in [0.1, 0.15) is 19.8 Å². The van der Waals surface area contributed by atoms with E-state index in [0.29, 0.717) is 0 Å². The molecular formula is C4H13FSi. The first-order chi connectivity index (χ1) is 2.41. The van der Waals surface area contributed by atoms with Crippen LogP contribution in [0.5, 0.6) is 0 Å². The van der Waals surface area contributed by atoms with Gasteiger partial charge in [-0.1, -0.05) is 13.3 Å². The van der Waals surface area contributed by atoms with Crippen LogP contribution < -0.4 is 0 Å². The van der Waals surface area contributed by atoms with E-state index in [0.717, 1.165) is 12.8 Å². The molecule has 2 heteroatoms. The van der Waals surface area contributed by atoms with E-state index in [4.69, 9.17) is 0 Å². The van der Waals surface area contributed by atoms with Gasteiger partial charge in [0.25, 0.3) is 0 Å². The maximum Gasteiger partial charge on any atom is 0.0894 e. The summed E-state index contributed by atoms with van der Waals surface area (Å²) in [4.78, 5) is 0. The standard InChI is InChI=1S/C4H9F.H4Si/c1-2-3-4-5;/h2-4H2,1H3;1H4. The van der Waals surface area contributed by atoms with Crippen LogP contribution in [0.15, 0.2) is 0 Å². The van der Waals surface area contributed by atoms with Crippen LogP contribution >= 0.6 is 0 Å².